The van der Waals surface area contributed by atoms with Gasteiger partial charge < -0.3 is 14.6 Å². The van der Waals surface area contributed by atoms with Crippen LogP contribution in [0.2, 0.25) is 5.02 Å². The maximum atomic E-state index is 12.1. The van der Waals surface area contributed by atoms with Gasteiger partial charge in [-0.3, -0.25) is 4.79 Å². The first-order valence-corrected chi connectivity index (χ1v) is 8.58. The molecule has 0 saturated carbocycles. The lowest BCUT2D eigenvalue weighted by Gasteiger charge is -2.15. The molecule has 0 aliphatic rings. The van der Waals surface area contributed by atoms with Crippen LogP contribution in [-0.4, -0.2) is 28.7 Å². The number of aromatic nitrogens is 2. The molecule has 7 heteroatoms. The van der Waals surface area contributed by atoms with Crippen molar-refractivity contribution in [2.75, 3.05) is 6.54 Å². The summed E-state index contributed by atoms with van der Waals surface area (Å²) in [5.41, 5.74) is 0.883. The normalized spacial score (nSPS) is 11.8. The number of carbonyl (C=O) groups is 1. The predicted molar refractivity (Wildman–Crippen MR) is 98.0 cm³/mol. The lowest BCUT2D eigenvalue weighted by Crippen LogP contribution is -2.37. The minimum absolute atomic E-state index is 0.243. The number of rotatable bonds is 7. The molecule has 0 aliphatic heterocycles. The molecule has 6 nitrogen and oxygen atoms in total. The third-order valence-corrected chi connectivity index (χ3v) is 3.96. The molecule has 0 radical (unpaired) electrons. The summed E-state index contributed by atoms with van der Waals surface area (Å²) in [6.07, 6.45) is -0.234. The van der Waals surface area contributed by atoms with Gasteiger partial charge >= 0.3 is 0 Å². The van der Waals surface area contributed by atoms with E-state index in [1.807, 2.05) is 30.3 Å². The number of hydrogen-bond acceptors (Lipinski definition) is 5. The van der Waals surface area contributed by atoms with Crippen LogP contribution in [0.15, 0.2) is 59.1 Å². The monoisotopic (exact) mass is 371 g/mol. The fraction of sp³-hybridized carbons (Fsp3) is 0.211. The summed E-state index contributed by atoms with van der Waals surface area (Å²) in [7, 11) is 0. The molecule has 1 atom stereocenters. The molecule has 26 heavy (non-hydrogen) atoms. The average Bonchev–Trinajstić information content (AvgIpc) is 3.13. The van der Waals surface area contributed by atoms with Crippen LogP contribution < -0.4 is 10.1 Å². The Morgan fingerprint density at radius 3 is 2.69 bits per heavy atom. The molecule has 0 fully saturated rings. The van der Waals surface area contributed by atoms with Gasteiger partial charge in [0, 0.05) is 18.5 Å². The number of nitrogens with zero attached hydrogens (tertiary/aromatic N) is 2. The second-order valence-electron chi connectivity index (χ2n) is 5.61. The second-order valence-corrected chi connectivity index (χ2v) is 6.02. The van der Waals surface area contributed by atoms with Crippen molar-refractivity contribution >= 4 is 17.5 Å². The van der Waals surface area contributed by atoms with Gasteiger partial charge in [0.15, 0.2) is 6.10 Å². The highest BCUT2D eigenvalue weighted by Crippen LogP contribution is 2.24. The van der Waals surface area contributed by atoms with E-state index in [4.69, 9.17) is 20.9 Å². The van der Waals surface area contributed by atoms with E-state index in [0.29, 0.717) is 35.5 Å². The van der Waals surface area contributed by atoms with E-state index in [1.54, 1.807) is 31.2 Å². The average molecular weight is 372 g/mol. The van der Waals surface area contributed by atoms with Gasteiger partial charge in [0.05, 0.1) is 5.02 Å². The third kappa shape index (κ3) is 4.61. The first-order valence-electron chi connectivity index (χ1n) is 8.20. The lowest BCUT2D eigenvalue weighted by molar-refractivity contribution is -0.127. The fourth-order valence-electron chi connectivity index (χ4n) is 2.28. The van der Waals surface area contributed by atoms with E-state index in [1.165, 1.54) is 0 Å². The highest BCUT2D eigenvalue weighted by Gasteiger charge is 2.16. The first kappa shape index (κ1) is 17.9. The van der Waals surface area contributed by atoms with Gasteiger partial charge in [-0.1, -0.05) is 59.2 Å². The van der Waals surface area contributed by atoms with Crippen LogP contribution in [0.5, 0.6) is 5.75 Å². The van der Waals surface area contributed by atoms with Crippen LogP contribution >= 0.6 is 11.6 Å². The van der Waals surface area contributed by atoms with Gasteiger partial charge in [-0.15, -0.1) is 0 Å². The van der Waals surface area contributed by atoms with Crippen LogP contribution in [-0.2, 0) is 11.2 Å². The Labute approximate surface area is 156 Å². The molecular weight excluding hydrogens is 354 g/mol. The molecule has 2 aromatic carbocycles. The summed E-state index contributed by atoms with van der Waals surface area (Å²) in [6, 6.07) is 16.6. The van der Waals surface area contributed by atoms with E-state index >= 15 is 0 Å². The molecule has 0 unspecified atom stereocenters. The largest absolute Gasteiger partial charge is 0.479 e. The molecule has 1 amide bonds. The minimum Gasteiger partial charge on any atom is -0.479 e. The fourth-order valence-corrected chi connectivity index (χ4v) is 2.46. The molecule has 1 N–H and O–H groups in total. The standard InChI is InChI=1S/C19H18ClN3O3/c1-13(25-16-10-6-5-9-15(16)20)19(24)21-12-11-17-22-18(23-26-17)14-7-3-2-4-8-14/h2-10,13H,11-12H2,1H3,(H,21,24)/t13-/m1/s1. The molecule has 0 aliphatic carbocycles. The molecule has 0 saturated heterocycles. The summed E-state index contributed by atoms with van der Waals surface area (Å²) in [6.45, 7) is 2.03. The van der Waals surface area contributed by atoms with Crippen molar-refractivity contribution in [3.8, 4) is 17.1 Å². The number of ether oxygens (including phenoxy) is 1. The molecule has 3 rings (SSSR count). The Bertz CT molecular complexity index is 867. The summed E-state index contributed by atoms with van der Waals surface area (Å²) in [4.78, 5) is 16.5. The van der Waals surface area contributed by atoms with Gasteiger partial charge in [0.25, 0.3) is 5.91 Å². The zero-order valence-corrected chi connectivity index (χ0v) is 14.9. The van der Waals surface area contributed by atoms with Crippen LogP contribution in [0.3, 0.4) is 0 Å². The lowest BCUT2D eigenvalue weighted by atomic mass is 10.2. The Morgan fingerprint density at radius 2 is 1.92 bits per heavy atom. The van der Waals surface area contributed by atoms with Gasteiger partial charge in [-0.2, -0.15) is 4.98 Å². The number of nitrogens with one attached hydrogen (secondary N) is 1. The highest BCUT2D eigenvalue weighted by atomic mass is 35.5. The molecule has 0 bridgehead atoms. The molecule has 0 spiro atoms. The smallest absolute Gasteiger partial charge is 0.260 e. The van der Waals surface area contributed by atoms with E-state index in [9.17, 15) is 4.79 Å². The molecular formula is C19H18ClN3O3. The van der Waals surface area contributed by atoms with Crippen LogP contribution in [0, 0.1) is 0 Å². The van der Waals surface area contributed by atoms with Gasteiger partial charge in [0.1, 0.15) is 5.75 Å². The number of carbonyl (C=O) groups excluding carboxylic acids is 1. The number of hydrogen-bond donors (Lipinski definition) is 1. The number of para-hydroxylation sites is 1. The Hall–Kier alpha value is -2.86. The summed E-state index contributed by atoms with van der Waals surface area (Å²) in [5.74, 6) is 1.22. The maximum Gasteiger partial charge on any atom is 0.260 e. The van der Waals surface area contributed by atoms with Crippen molar-refractivity contribution in [2.24, 2.45) is 0 Å². The van der Waals surface area contributed by atoms with E-state index < -0.39 is 6.10 Å². The van der Waals surface area contributed by atoms with E-state index in [0.717, 1.165) is 5.56 Å². The zero-order valence-electron chi connectivity index (χ0n) is 14.2. The molecule has 134 valence electrons. The van der Waals surface area contributed by atoms with Gasteiger partial charge in [-0.05, 0) is 19.1 Å². The van der Waals surface area contributed by atoms with E-state index in [-0.39, 0.29) is 5.91 Å². The maximum absolute atomic E-state index is 12.1. The van der Waals surface area contributed by atoms with Crippen molar-refractivity contribution in [3.05, 3.63) is 65.5 Å². The third-order valence-electron chi connectivity index (χ3n) is 3.65. The number of halogens is 1. The van der Waals surface area contributed by atoms with Crippen molar-refractivity contribution in [1.29, 1.82) is 0 Å². The predicted octanol–water partition coefficient (Wildman–Crippen LogP) is 3.52. The van der Waals surface area contributed by atoms with Crippen molar-refractivity contribution < 1.29 is 14.1 Å². The molecule has 1 heterocycles. The van der Waals surface area contributed by atoms with Crippen molar-refractivity contribution in [2.45, 2.75) is 19.4 Å². The number of benzene rings is 2. The molecule has 1 aromatic heterocycles. The highest BCUT2D eigenvalue weighted by molar-refractivity contribution is 6.32. The van der Waals surface area contributed by atoms with Crippen molar-refractivity contribution in [1.82, 2.24) is 15.5 Å². The van der Waals surface area contributed by atoms with Crippen LogP contribution in [0.1, 0.15) is 12.8 Å². The van der Waals surface area contributed by atoms with Gasteiger partial charge in [-0.25, -0.2) is 0 Å². The SMILES string of the molecule is C[C@@H](Oc1ccccc1Cl)C(=O)NCCc1nc(-c2ccccc2)no1. The quantitative estimate of drug-likeness (QED) is 0.687. The zero-order chi connectivity index (χ0) is 18.4. The minimum atomic E-state index is -0.669. The number of amides is 1. The molecule has 3 aromatic rings. The Morgan fingerprint density at radius 1 is 1.19 bits per heavy atom. The van der Waals surface area contributed by atoms with Crippen LogP contribution in [0.4, 0.5) is 0 Å². The topological polar surface area (TPSA) is 77.2 Å². The van der Waals surface area contributed by atoms with Gasteiger partial charge in [0.2, 0.25) is 11.7 Å². The summed E-state index contributed by atoms with van der Waals surface area (Å²) < 4.78 is 10.8. The van der Waals surface area contributed by atoms with Crippen molar-refractivity contribution in [3.63, 3.8) is 0 Å². The van der Waals surface area contributed by atoms with E-state index in [2.05, 4.69) is 15.5 Å². The first-order chi connectivity index (χ1) is 12.6. The summed E-state index contributed by atoms with van der Waals surface area (Å²) in [5, 5.41) is 7.20. The second kappa shape index (κ2) is 8.49. The Kier molecular flexibility index (Phi) is 5.86. The van der Waals surface area contributed by atoms with Crippen LogP contribution in [0.25, 0.3) is 11.4 Å². The Balaban J connectivity index is 1.48. The summed E-state index contributed by atoms with van der Waals surface area (Å²) >= 11 is 6.03.